The van der Waals surface area contributed by atoms with E-state index in [2.05, 4.69) is 0 Å². The predicted molar refractivity (Wildman–Crippen MR) is 111 cm³/mol. The summed E-state index contributed by atoms with van der Waals surface area (Å²) in [6.07, 6.45) is 0.661. The van der Waals surface area contributed by atoms with Crippen LogP contribution in [-0.4, -0.2) is 23.5 Å². The molecule has 0 aliphatic rings. The highest BCUT2D eigenvalue weighted by Crippen LogP contribution is 2.29. The van der Waals surface area contributed by atoms with Crippen LogP contribution in [0.4, 0.5) is 0 Å². The van der Waals surface area contributed by atoms with Crippen LogP contribution in [0.5, 0.6) is 0 Å². The van der Waals surface area contributed by atoms with Gasteiger partial charge in [-0.2, -0.15) is 0 Å². The van der Waals surface area contributed by atoms with Crippen LogP contribution in [0.2, 0.25) is 5.02 Å². The van der Waals surface area contributed by atoms with Crippen molar-refractivity contribution in [2.75, 3.05) is 0 Å². The summed E-state index contributed by atoms with van der Waals surface area (Å²) in [5, 5.41) is 10.1. The van der Waals surface area contributed by atoms with Crippen molar-refractivity contribution in [3.05, 3.63) is 64.8 Å². The summed E-state index contributed by atoms with van der Waals surface area (Å²) in [6, 6.07) is 13.7. The molecule has 0 amide bonds. The third-order valence-electron chi connectivity index (χ3n) is 4.70. The van der Waals surface area contributed by atoms with E-state index in [4.69, 9.17) is 16.7 Å². The zero-order valence-corrected chi connectivity index (χ0v) is 17.3. The Morgan fingerprint density at radius 3 is 2.39 bits per heavy atom. The Kier molecular flexibility index (Phi) is 5.82. The molecule has 148 valence electrons. The largest absolute Gasteiger partial charge is 0.481 e. The van der Waals surface area contributed by atoms with Gasteiger partial charge in [0.1, 0.15) is 0 Å². The fourth-order valence-electron chi connectivity index (χ4n) is 3.23. The van der Waals surface area contributed by atoms with Crippen molar-refractivity contribution >= 4 is 38.5 Å². The number of aliphatic carboxylic acids is 1. The number of carboxylic acid groups (broad SMARTS) is 1. The topological polar surface area (TPSA) is 76.4 Å². The summed E-state index contributed by atoms with van der Waals surface area (Å²) in [7, 11) is -3.83. The van der Waals surface area contributed by atoms with Crippen LogP contribution in [0.15, 0.2) is 53.4 Å². The SMILES string of the molecule is CC(C)c1ccc(S(=O)(=O)n2c(CCCC(=O)O)cc3cc(Cl)ccc32)cc1. The van der Waals surface area contributed by atoms with Gasteiger partial charge in [-0.3, -0.25) is 4.79 Å². The number of halogens is 1. The van der Waals surface area contributed by atoms with Gasteiger partial charge in [0.05, 0.1) is 10.4 Å². The first kappa shape index (κ1) is 20.4. The van der Waals surface area contributed by atoms with Crippen LogP contribution < -0.4 is 0 Å². The lowest BCUT2D eigenvalue weighted by Crippen LogP contribution is -2.16. The van der Waals surface area contributed by atoms with Crippen molar-refractivity contribution in [1.29, 1.82) is 0 Å². The summed E-state index contributed by atoms with van der Waals surface area (Å²) in [4.78, 5) is 11.1. The lowest BCUT2D eigenvalue weighted by atomic mass is 10.0. The fourth-order valence-corrected chi connectivity index (χ4v) is 4.98. The summed E-state index contributed by atoms with van der Waals surface area (Å²) >= 11 is 6.07. The minimum absolute atomic E-state index is 0.0224. The molecule has 28 heavy (non-hydrogen) atoms. The van der Waals surface area contributed by atoms with E-state index in [1.165, 1.54) is 3.97 Å². The molecule has 0 fully saturated rings. The third kappa shape index (κ3) is 4.08. The molecule has 3 aromatic rings. The highest BCUT2D eigenvalue weighted by molar-refractivity contribution is 7.90. The zero-order valence-electron chi connectivity index (χ0n) is 15.7. The number of hydrogen-bond acceptors (Lipinski definition) is 3. The van der Waals surface area contributed by atoms with Gasteiger partial charge >= 0.3 is 5.97 Å². The van der Waals surface area contributed by atoms with Gasteiger partial charge in [-0.15, -0.1) is 0 Å². The molecule has 1 aromatic heterocycles. The van der Waals surface area contributed by atoms with Crippen LogP contribution in [-0.2, 0) is 21.2 Å². The maximum atomic E-state index is 13.4. The van der Waals surface area contributed by atoms with E-state index in [1.54, 1.807) is 36.4 Å². The molecule has 1 heterocycles. The van der Waals surface area contributed by atoms with Gasteiger partial charge in [0, 0.05) is 22.5 Å². The summed E-state index contributed by atoms with van der Waals surface area (Å²) in [6.45, 7) is 4.10. The molecule has 0 spiro atoms. The Balaban J connectivity index is 2.11. The van der Waals surface area contributed by atoms with Gasteiger partial charge in [-0.1, -0.05) is 37.6 Å². The number of hydrogen-bond donors (Lipinski definition) is 1. The molecule has 0 aliphatic heterocycles. The number of aryl methyl sites for hydroxylation is 1. The lowest BCUT2D eigenvalue weighted by molar-refractivity contribution is -0.137. The highest BCUT2D eigenvalue weighted by atomic mass is 35.5. The van der Waals surface area contributed by atoms with E-state index in [-0.39, 0.29) is 11.3 Å². The molecule has 5 nitrogen and oxygen atoms in total. The second-order valence-electron chi connectivity index (χ2n) is 7.08. The summed E-state index contributed by atoms with van der Waals surface area (Å²) in [5.74, 6) is -0.601. The Morgan fingerprint density at radius 2 is 1.79 bits per heavy atom. The second kappa shape index (κ2) is 7.97. The average Bonchev–Trinajstić information content (AvgIpc) is 2.99. The number of benzene rings is 2. The molecule has 0 radical (unpaired) electrons. The first-order chi connectivity index (χ1) is 13.2. The van der Waals surface area contributed by atoms with Crippen LogP contribution >= 0.6 is 11.6 Å². The van der Waals surface area contributed by atoms with Crippen molar-refractivity contribution in [1.82, 2.24) is 3.97 Å². The number of carboxylic acids is 1. The predicted octanol–water partition coefficient (Wildman–Crippen LogP) is 5.06. The molecule has 0 saturated carbocycles. The average molecular weight is 420 g/mol. The Hall–Kier alpha value is -2.31. The summed E-state index contributed by atoms with van der Waals surface area (Å²) < 4.78 is 28.1. The molecule has 7 heteroatoms. The van der Waals surface area contributed by atoms with Gasteiger partial charge in [0.25, 0.3) is 10.0 Å². The van der Waals surface area contributed by atoms with Crippen molar-refractivity contribution in [2.45, 2.75) is 43.9 Å². The maximum Gasteiger partial charge on any atom is 0.303 e. The van der Waals surface area contributed by atoms with E-state index < -0.39 is 16.0 Å². The van der Waals surface area contributed by atoms with E-state index in [0.717, 1.165) is 5.56 Å². The minimum Gasteiger partial charge on any atom is -0.481 e. The van der Waals surface area contributed by atoms with Crippen molar-refractivity contribution in [3.63, 3.8) is 0 Å². The lowest BCUT2D eigenvalue weighted by Gasteiger charge is -2.13. The van der Waals surface area contributed by atoms with Crippen LogP contribution in [0.3, 0.4) is 0 Å². The fraction of sp³-hybridized carbons (Fsp3) is 0.286. The maximum absolute atomic E-state index is 13.4. The highest BCUT2D eigenvalue weighted by Gasteiger charge is 2.23. The standard InChI is InChI=1S/C21H22ClNO4S/c1-14(2)15-6-9-19(10-7-15)28(26,27)23-18(4-3-5-21(24)25)13-16-12-17(22)8-11-20(16)23/h6-14H,3-5H2,1-2H3,(H,24,25). The molecule has 0 aliphatic carbocycles. The molecular formula is C21H22ClNO4S. The smallest absolute Gasteiger partial charge is 0.303 e. The number of fused-ring (bicyclic) bond motifs is 1. The molecule has 0 bridgehead atoms. The molecular weight excluding hydrogens is 398 g/mol. The van der Waals surface area contributed by atoms with Crippen LogP contribution in [0.1, 0.15) is 43.9 Å². The first-order valence-corrected chi connectivity index (χ1v) is 10.9. The van der Waals surface area contributed by atoms with Gasteiger partial charge < -0.3 is 5.11 Å². The van der Waals surface area contributed by atoms with Crippen LogP contribution in [0.25, 0.3) is 10.9 Å². The van der Waals surface area contributed by atoms with E-state index >= 15 is 0 Å². The number of rotatable bonds is 7. The van der Waals surface area contributed by atoms with Gasteiger partial charge in [-0.05, 0) is 60.7 Å². The number of aromatic nitrogens is 1. The van der Waals surface area contributed by atoms with E-state index in [9.17, 15) is 13.2 Å². The van der Waals surface area contributed by atoms with E-state index in [0.29, 0.717) is 40.4 Å². The number of carbonyl (C=O) groups is 1. The van der Waals surface area contributed by atoms with Crippen molar-refractivity contribution in [2.24, 2.45) is 0 Å². The summed E-state index contributed by atoms with van der Waals surface area (Å²) in [5.41, 5.74) is 2.14. The minimum atomic E-state index is -3.83. The zero-order chi connectivity index (χ0) is 20.5. The third-order valence-corrected chi connectivity index (χ3v) is 6.71. The first-order valence-electron chi connectivity index (χ1n) is 9.07. The van der Waals surface area contributed by atoms with Crippen molar-refractivity contribution in [3.8, 4) is 0 Å². The van der Waals surface area contributed by atoms with Gasteiger partial charge in [-0.25, -0.2) is 12.4 Å². The number of nitrogens with zero attached hydrogens (tertiary/aromatic N) is 1. The normalized spacial score (nSPS) is 12.0. The van der Waals surface area contributed by atoms with Crippen molar-refractivity contribution < 1.29 is 18.3 Å². The second-order valence-corrected chi connectivity index (χ2v) is 9.30. The van der Waals surface area contributed by atoms with E-state index in [1.807, 2.05) is 26.0 Å². The molecule has 0 saturated heterocycles. The Morgan fingerprint density at radius 1 is 1.11 bits per heavy atom. The van der Waals surface area contributed by atoms with Crippen LogP contribution in [0, 0.1) is 0 Å². The monoisotopic (exact) mass is 419 g/mol. The molecule has 1 N–H and O–H groups in total. The van der Waals surface area contributed by atoms with Gasteiger partial charge in [0.15, 0.2) is 0 Å². The molecule has 0 atom stereocenters. The Labute approximate surface area is 169 Å². The molecule has 0 unspecified atom stereocenters. The molecule has 3 rings (SSSR count). The van der Waals surface area contributed by atoms with Gasteiger partial charge in [0.2, 0.25) is 0 Å². The molecule has 2 aromatic carbocycles. The quantitative estimate of drug-likeness (QED) is 0.580. The Bertz CT molecular complexity index is 1120.